The van der Waals surface area contributed by atoms with E-state index < -0.39 is 15.8 Å². The number of carbonyl (C=O) groups is 1. The molecule has 1 aliphatic carbocycles. The molecule has 30 heavy (non-hydrogen) atoms. The summed E-state index contributed by atoms with van der Waals surface area (Å²) in [6.45, 7) is 1.05. The maximum Gasteiger partial charge on any atom is 0.315 e. The van der Waals surface area contributed by atoms with E-state index in [9.17, 15) is 17.6 Å². The summed E-state index contributed by atoms with van der Waals surface area (Å²) < 4.78 is 40.5. The van der Waals surface area contributed by atoms with Crippen molar-refractivity contribution in [1.29, 1.82) is 0 Å². The Labute approximate surface area is 181 Å². The second-order valence-corrected chi connectivity index (χ2v) is 9.75. The quantitative estimate of drug-likeness (QED) is 0.702. The molecule has 3 rings (SSSR count). The van der Waals surface area contributed by atoms with Gasteiger partial charge in [-0.2, -0.15) is 4.31 Å². The normalized spacial score (nSPS) is 20.9. The second kappa shape index (κ2) is 12.2. The molecule has 2 fully saturated rings. The van der Waals surface area contributed by atoms with Crippen LogP contribution in [0.15, 0.2) is 29.2 Å². The molecule has 6 nitrogen and oxygen atoms in total. The van der Waals surface area contributed by atoms with Gasteiger partial charge in [0.15, 0.2) is 0 Å². The molecule has 2 aliphatic rings. The van der Waals surface area contributed by atoms with Gasteiger partial charge < -0.3 is 10.6 Å². The summed E-state index contributed by atoms with van der Waals surface area (Å²) in [4.78, 5) is 11.9. The number of hydrogen-bond donors (Lipinski definition) is 2. The summed E-state index contributed by atoms with van der Waals surface area (Å²) >= 11 is 0. The lowest BCUT2D eigenvalue weighted by Crippen LogP contribution is -2.44. The number of amides is 2. The van der Waals surface area contributed by atoms with Gasteiger partial charge in [0.1, 0.15) is 10.7 Å². The largest absolute Gasteiger partial charge is 0.338 e. The molecular formula is C22H38FN3O3S. The molecule has 0 aromatic heterocycles. The Kier molecular flexibility index (Phi) is 10.8. The summed E-state index contributed by atoms with van der Waals surface area (Å²) in [5, 5.41) is 5.94. The first-order chi connectivity index (χ1) is 13.5. The first-order valence-electron chi connectivity index (χ1n) is 10.3. The molecule has 1 aromatic carbocycles. The fourth-order valence-electron chi connectivity index (χ4n) is 4.05. The van der Waals surface area contributed by atoms with Crippen LogP contribution in [0.2, 0.25) is 0 Å². The number of halogens is 1. The third kappa shape index (κ3) is 6.94. The lowest BCUT2D eigenvalue weighted by Gasteiger charge is -2.22. The highest BCUT2D eigenvalue weighted by Gasteiger charge is 2.34. The van der Waals surface area contributed by atoms with Crippen molar-refractivity contribution >= 4 is 16.1 Å². The number of benzene rings is 1. The molecule has 1 unspecified atom stereocenters. The molecule has 0 spiro atoms. The molecule has 172 valence electrons. The SMILES string of the molecule is C.C.O=C(NCC1CCN(S(=O)(=O)c2ccccc2F)C1)NC1CCCCCCC1. The van der Waals surface area contributed by atoms with Crippen molar-refractivity contribution in [2.45, 2.75) is 77.2 Å². The molecule has 1 atom stereocenters. The Hall–Kier alpha value is -1.67. The van der Waals surface area contributed by atoms with Crippen molar-refractivity contribution in [3.63, 3.8) is 0 Å². The fraction of sp³-hybridized carbons (Fsp3) is 0.682. The Morgan fingerprint density at radius 2 is 1.67 bits per heavy atom. The standard InChI is InChI=1S/C20H30FN3O3S.2CH4/c21-18-10-6-7-11-19(18)28(26,27)24-13-12-16(15-24)14-22-20(25)23-17-8-4-2-1-3-5-9-17;;/h6-7,10-11,16-17H,1-5,8-9,12-15H2,(H2,22,23,25);2*1H4. The monoisotopic (exact) mass is 443 g/mol. The molecule has 2 amide bonds. The minimum absolute atomic E-state index is 0. The number of nitrogens with zero attached hydrogens (tertiary/aromatic N) is 1. The van der Waals surface area contributed by atoms with Gasteiger partial charge >= 0.3 is 6.03 Å². The fourth-order valence-corrected chi connectivity index (χ4v) is 5.65. The third-order valence-electron chi connectivity index (χ3n) is 5.69. The van der Waals surface area contributed by atoms with Gasteiger partial charge in [0.2, 0.25) is 10.0 Å². The van der Waals surface area contributed by atoms with E-state index in [0.717, 1.165) is 31.7 Å². The molecular weight excluding hydrogens is 405 g/mol. The number of sulfonamides is 1. The first-order valence-corrected chi connectivity index (χ1v) is 11.7. The first kappa shape index (κ1) is 26.4. The van der Waals surface area contributed by atoms with Gasteiger partial charge in [-0.25, -0.2) is 17.6 Å². The van der Waals surface area contributed by atoms with Gasteiger partial charge in [0.05, 0.1) is 0 Å². The van der Waals surface area contributed by atoms with Crippen LogP contribution in [0.1, 0.15) is 66.2 Å². The summed E-state index contributed by atoms with van der Waals surface area (Å²) in [6, 6.07) is 5.48. The Bertz CT molecular complexity index is 765. The zero-order valence-electron chi connectivity index (χ0n) is 16.2. The van der Waals surface area contributed by atoms with E-state index in [2.05, 4.69) is 10.6 Å². The zero-order valence-corrected chi connectivity index (χ0v) is 17.0. The smallest absolute Gasteiger partial charge is 0.315 e. The summed E-state index contributed by atoms with van der Waals surface area (Å²) in [6.07, 6.45) is 8.73. The average molecular weight is 444 g/mol. The van der Waals surface area contributed by atoms with E-state index in [1.807, 2.05) is 0 Å². The van der Waals surface area contributed by atoms with Crippen molar-refractivity contribution in [2.75, 3.05) is 19.6 Å². The van der Waals surface area contributed by atoms with Gasteiger partial charge in [-0.3, -0.25) is 0 Å². The molecule has 1 saturated heterocycles. The van der Waals surface area contributed by atoms with Crippen LogP contribution in [-0.2, 0) is 10.0 Å². The Morgan fingerprint density at radius 3 is 2.33 bits per heavy atom. The summed E-state index contributed by atoms with van der Waals surface area (Å²) in [5.41, 5.74) is 0. The number of carbonyl (C=O) groups excluding carboxylic acids is 1. The van der Waals surface area contributed by atoms with Crippen molar-refractivity contribution in [3.05, 3.63) is 30.1 Å². The van der Waals surface area contributed by atoms with Gasteiger partial charge in [-0.05, 0) is 37.3 Å². The van der Waals surface area contributed by atoms with Crippen molar-refractivity contribution in [3.8, 4) is 0 Å². The lowest BCUT2D eigenvalue weighted by molar-refractivity contribution is 0.232. The van der Waals surface area contributed by atoms with Crippen LogP contribution < -0.4 is 10.6 Å². The average Bonchev–Trinajstić information content (AvgIpc) is 3.12. The molecule has 1 saturated carbocycles. The topological polar surface area (TPSA) is 78.5 Å². The van der Waals surface area contributed by atoms with Crippen molar-refractivity contribution in [1.82, 2.24) is 14.9 Å². The van der Waals surface area contributed by atoms with E-state index >= 15 is 0 Å². The molecule has 1 aliphatic heterocycles. The molecule has 1 aromatic rings. The van der Waals surface area contributed by atoms with Crippen LogP contribution in [0.25, 0.3) is 0 Å². The van der Waals surface area contributed by atoms with Gasteiger partial charge in [-0.15, -0.1) is 0 Å². The minimum Gasteiger partial charge on any atom is -0.338 e. The maximum atomic E-state index is 13.9. The maximum absolute atomic E-state index is 13.9. The van der Waals surface area contributed by atoms with Gasteiger partial charge in [0.25, 0.3) is 0 Å². The van der Waals surface area contributed by atoms with Crippen LogP contribution in [0.5, 0.6) is 0 Å². The Morgan fingerprint density at radius 1 is 1.03 bits per heavy atom. The van der Waals surface area contributed by atoms with E-state index in [1.165, 1.54) is 41.8 Å². The van der Waals surface area contributed by atoms with Crippen LogP contribution in [0.4, 0.5) is 9.18 Å². The number of urea groups is 1. The van der Waals surface area contributed by atoms with Crippen LogP contribution in [0.3, 0.4) is 0 Å². The summed E-state index contributed by atoms with van der Waals surface area (Å²) in [7, 11) is -3.84. The second-order valence-electron chi connectivity index (χ2n) is 7.84. The van der Waals surface area contributed by atoms with Crippen LogP contribution in [0, 0.1) is 11.7 Å². The predicted octanol–water partition coefficient (Wildman–Crippen LogP) is 4.52. The predicted molar refractivity (Wildman–Crippen MR) is 119 cm³/mol. The van der Waals surface area contributed by atoms with E-state index in [4.69, 9.17) is 0 Å². The minimum atomic E-state index is -3.84. The summed E-state index contributed by atoms with van der Waals surface area (Å²) in [5.74, 6) is -0.702. The van der Waals surface area contributed by atoms with Crippen molar-refractivity contribution in [2.24, 2.45) is 5.92 Å². The van der Waals surface area contributed by atoms with Gasteiger partial charge in [0, 0.05) is 25.7 Å². The molecule has 8 heteroatoms. The molecule has 1 heterocycles. The highest BCUT2D eigenvalue weighted by Crippen LogP contribution is 2.25. The highest BCUT2D eigenvalue weighted by molar-refractivity contribution is 7.89. The van der Waals surface area contributed by atoms with Crippen LogP contribution >= 0.6 is 0 Å². The van der Waals surface area contributed by atoms with E-state index in [-0.39, 0.29) is 37.7 Å². The number of nitrogens with one attached hydrogen (secondary N) is 2. The zero-order chi connectivity index (χ0) is 20.0. The Balaban J connectivity index is 0.00000225. The number of rotatable bonds is 5. The molecule has 2 N–H and O–H groups in total. The lowest BCUT2D eigenvalue weighted by atomic mass is 9.97. The van der Waals surface area contributed by atoms with Crippen LogP contribution in [-0.4, -0.2) is 44.4 Å². The molecule has 0 radical (unpaired) electrons. The molecule has 0 bridgehead atoms. The highest BCUT2D eigenvalue weighted by atomic mass is 32.2. The van der Waals surface area contributed by atoms with Crippen molar-refractivity contribution < 1.29 is 17.6 Å². The van der Waals surface area contributed by atoms with E-state index in [0.29, 0.717) is 26.1 Å². The number of hydrogen-bond acceptors (Lipinski definition) is 3. The van der Waals surface area contributed by atoms with E-state index in [1.54, 1.807) is 0 Å². The van der Waals surface area contributed by atoms with Gasteiger partial charge in [-0.1, -0.05) is 59.1 Å². The third-order valence-corrected chi connectivity index (χ3v) is 7.59.